The Kier molecular flexibility index (Phi) is 5.74. The van der Waals surface area contributed by atoms with Crippen molar-refractivity contribution in [1.82, 2.24) is 4.90 Å². The van der Waals surface area contributed by atoms with Crippen LogP contribution in [0.1, 0.15) is 19.3 Å². The molecule has 1 fully saturated rings. The third kappa shape index (κ3) is 4.12. The first-order valence-corrected chi connectivity index (χ1v) is 6.52. The molecule has 0 aliphatic carbocycles. The van der Waals surface area contributed by atoms with Crippen LogP contribution in [0.5, 0.6) is 0 Å². The van der Waals surface area contributed by atoms with Gasteiger partial charge in [0.15, 0.2) is 0 Å². The predicted octanol–water partition coefficient (Wildman–Crippen LogP) is 1.40. The molecule has 1 aliphatic rings. The van der Waals surface area contributed by atoms with Gasteiger partial charge in [0.1, 0.15) is 13.1 Å². The monoisotopic (exact) mass is 237 g/mol. The molecular formula is C11H15N3OS. The molecule has 86 valence electrons. The summed E-state index contributed by atoms with van der Waals surface area (Å²) < 4.78 is 0. The standard InChI is InChI=1S/C11H15N3OS/c12-3-5-14(6-4-13)11(15)9-10-1-7-16-8-2-10/h10H,1-2,5-9H2. The molecule has 1 heterocycles. The number of amides is 1. The number of nitrogens with zero attached hydrogens (tertiary/aromatic N) is 3. The van der Waals surface area contributed by atoms with Crippen molar-refractivity contribution in [3.05, 3.63) is 0 Å². The van der Waals surface area contributed by atoms with Crippen LogP contribution in [0.2, 0.25) is 0 Å². The zero-order chi connectivity index (χ0) is 11.8. The van der Waals surface area contributed by atoms with Crippen molar-refractivity contribution in [2.45, 2.75) is 19.3 Å². The molecule has 1 saturated heterocycles. The van der Waals surface area contributed by atoms with Crippen LogP contribution in [0.4, 0.5) is 0 Å². The Morgan fingerprint density at radius 2 is 1.81 bits per heavy atom. The highest BCUT2D eigenvalue weighted by Crippen LogP contribution is 2.25. The maximum atomic E-state index is 11.8. The van der Waals surface area contributed by atoms with Gasteiger partial charge in [-0.2, -0.15) is 22.3 Å². The van der Waals surface area contributed by atoms with Crippen molar-refractivity contribution < 1.29 is 4.79 Å². The second-order valence-electron chi connectivity index (χ2n) is 3.83. The third-order valence-corrected chi connectivity index (χ3v) is 3.73. The molecule has 4 nitrogen and oxygen atoms in total. The number of rotatable bonds is 4. The number of carbonyl (C=O) groups is 1. The summed E-state index contributed by atoms with van der Waals surface area (Å²) in [7, 11) is 0. The van der Waals surface area contributed by atoms with E-state index in [1.54, 1.807) is 0 Å². The van der Waals surface area contributed by atoms with Crippen LogP contribution >= 0.6 is 11.8 Å². The molecule has 0 aromatic heterocycles. The van der Waals surface area contributed by atoms with Crippen molar-refractivity contribution in [3.8, 4) is 12.1 Å². The van der Waals surface area contributed by atoms with Gasteiger partial charge in [0, 0.05) is 6.42 Å². The van der Waals surface area contributed by atoms with Crippen molar-refractivity contribution in [1.29, 1.82) is 10.5 Å². The lowest BCUT2D eigenvalue weighted by molar-refractivity contribution is -0.131. The molecule has 1 amide bonds. The van der Waals surface area contributed by atoms with Crippen LogP contribution in [0.15, 0.2) is 0 Å². The number of nitriles is 2. The van der Waals surface area contributed by atoms with Gasteiger partial charge in [-0.25, -0.2) is 0 Å². The molecule has 0 saturated carbocycles. The summed E-state index contributed by atoms with van der Waals surface area (Å²) >= 11 is 1.93. The Labute approximate surface area is 100 Å². The van der Waals surface area contributed by atoms with Crippen LogP contribution < -0.4 is 0 Å². The Hall–Kier alpha value is -1.20. The van der Waals surface area contributed by atoms with Crippen molar-refractivity contribution in [3.63, 3.8) is 0 Å². The summed E-state index contributed by atoms with van der Waals surface area (Å²) in [4.78, 5) is 13.1. The number of hydrogen-bond donors (Lipinski definition) is 0. The fraction of sp³-hybridized carbons (Fsp3) is 0.727. The average molecular weight is 237 g/mol. The summed E-state index contributed by atoms with van der Waals surface area (Å²) in [6.45, 7) is 0.0434. The summed E-state index contributed by atoms with van der Waals surface area (Å²) in [6, 6.07) is 3.84. The van der Waals surface area contributed by atoms with Gasteiger partial charge in [0.2, 0.25) is 5.91 Å². The molecular weight excluding hydrogens is 222 g/mol. The van der Waals surface area contributed by atoms with Gasteiger partial charge < -0.3 is 4.90 Å². The van der Waals surface area contributed by atoms with Crippen LogP contribution in [0, 0.1) is 28.6 Å². The van der Waals surface area contributed by atoms with Gasteiger partial charge in [0.25, 0.3) is 0 Å². The van der Waals surface area contributed by atoms with Crippen LogP contribution in [0.25, 0.3) is 0 Å². The number of thioether (sulfide) groups is 1. The van der Waals surface area contributed by atoms with E-state index in [9.17, 15) is 4.79 Å². The molecule has 5 heteroatoms. The van der Waals surface area contributed by atoms with Crippen LogP contribution in [-0.2, 0) is 4.79 Å². The molecule has 0 bridgehead atoms. The van der Waals surface area contributed by atoms with Crippen molar-refractivity contribution in [2.24, 2.45) is 5.92 Å². The average Bonchev–Trinajstić information content (AvgIpc) is 2.30. The normalized spacial score (nSPS) is 16.1. The highest BCUT2D eigenvalue weighted by molar-refractivity contribution is 7.99. The van der Waals surface area contributed by atoms with E-state index >= 15 is 0 Å². The molecule has 1 aliphatic heterocycles. The Morgan fingerprint density at radius 3 is 2.31 bits per heavy atom. The molecule has 0 N–H and O–H groups in total. The lowest BCUT2D eigenvalue weighted by Crippen LogP contribution is -2.33. The van der Waals surface area contributed by atoms with E-state index in [2.05, 4.69) is 0 Å². The van der Waals surface area contributed by atoms with Gasteiger partial charge >= 0.3 is 0 Å². The highest BCUT2D eigenvalue weighted by atomic mass is 32.2. The Morgan fingerprint density at radius 1 is 1.25 bits per heavy atom. The van der Waals surface area contributed by atoms with E-state index in [0.717, 1.165) is 24.3 Å². The molecule has 0 spiro atoms. The summed E-state index contributed by atoms with van der Waals surface area (Å²) in [5.41, 5.74) is 0. The van der Waals surface area contributed by atoms with E-state index < -0.39 is 0 Å². The molecule has 1 rings (SSSR count). The quantitative estimate of drug-likeness (QED) is 0.693. The Bertz CT molecular complexity index is 296. The maximum absolute atomic E-state index is 11.8. The SMILES string of the molecule is N#CCN(CC#N)C(=O)CC1CCSCC1. The fourth-order valence-corrected chi connectivity index (χ4v) is 2.93. The fourth-order valence-electron chi connectivity index (χ4n) is 1.73. The lowest BCUT2D eigenvalue weighted by Gasteiger charge is -2.23. The summed E-state index contributed by atoms with van der Waals surface area (Å²) in [5.74, 6) is 2.62. The minimum absolute atomic E-state index is 0.0217. The van der Waals surface area contributed by atoms with Gasteiger partial charge in [0.05, 0.1) is 12.1 Å². The molecule has 0 aromatic carbocycles. The first-order chi connectivity index (χ1) is 7.77. The predicted molar refractivity (Wildman–Crippen MR) is 62.5 cm³/mol. The molecule has 0 unspecified atom stereocenters. The van der Waals surface area contributed by atoms with Gasteiger partial charge in [-0.15, -0.1) is 0 Å². The van der Waals surface area contributed by atoms with E-state index in [4.69, 9.17) is 10.5 Å². The van der Waals surface area contributed by atoms with Gasteiger partial charge in [-0.05, 0) is 30.3 Å². The van der Waals surface area contributed by atoms with Gasteiger partial charge in [-0.3, -0.25) is 4.79 Å². The minimum Gasteiger partial charge on any atom is -0.316 e. The van der Waals surface area contributed by atoms with E-state index in [1.807, 2.05) is 23.9 Å². The highest BCUT2D eigenvalue weighted by Gasteiger charge is 2.20. The smallest absolute Gasteiger partial charge is 0.224 e. The second-order valence-corrected chi connectivity index (χ2v) is 5.05. The third-order valence-electron chi connectivity index (χ3n) is 2.68. The first kappa shape index (κ1) is 12.9. The van der Waals surface area contributed by atoms with Crippen LogP contribution in [-0.4, -0.2) is 35.4 Å². The van der Waals surface area contributed by atoms with Gasteiger partial charge in [-0.1, -0.05) is 0 Å². The number of carbonyl (C=O) groups excluding carboxylic acids is 1. The molecule has 16 heavy (non-hydrogen) atoms. The molecule has 0 aromatic rings. The topological polar surface area (TPSA) is 67.9 Å². The zero-order valence-electron chi connectivity index (χ0n) is 9.19. The summed E-state index contributed by atoms with van der Waals surface area (Å²) in [6.07, 6.45) is 2.64. The largest absolute Gasteiger partial charge is 0.316 e. The minimum atomic E-state index is -0.0556. The van der Waals surface area contributed by atoms with Crippen molar-refractivity contribution >= 4 is 17.7 Å². The van der Waals surface area contributed by atoms with Crippen molar-refractivity contribution in [2.75, 3.05) is 24.6 Å². The lowest BCUT2D eigenvalue weighted by atomic mass is 9.98. The first-order valence-electron chi connectivity index (χ1n) is 5.37. The summed E-state index contributed by atoms with van der Waals surface area (Å²) in [5, 5.41) is 17.1. The maximum Gasteiger partial charge on any atom is 0.224 e. The van der Waals surface area contributed by atoms with Crippen LogP contribution in [0.3, 0.4) is 0 Å². The van der Waals surface area contributed by atoms with E-state index in [0.29, 0.717) is 12.3 Å². The molecule has 0 atom stereocenters. The van der Waals surface area contributed by atoms with E-state index in [-0.39, 0.29) is 19.0 Å². The number of hydrogen-bond acceptors (Lipinski definition) is 4. The molecule has 0 radical (unpaired) electrons. The van der Waals surface area contributed by atoms with E-state index in [1.165, 1.54) is 4.90 Å². The Balaban J connectivity index is 2.41. The zero-order valence-corrected chi connectivity index (χ0v) is 10.0. The second kappa shape index (κ2) is 7.14.